The highest BCUT2D eigenvalue weighted by molar-refractivity contribution is 5.93. The number of nitrogens with one attached hydrogen (secondary N) is 1. The molecule has 160 valence electrons. The summed E-state index contributed by atoms with van der Waals surface area (Å²) in [6.07, 6.45) is 0.740. The van der Waals surface area contributed by atoms with Crippen molar-refractivity contribution in [3.8, 4) is 0 Å². The zero-order valence-corrected chi connectivity index (χ0v) is 18.5. The summed E-state index contributed by atoms with van der Waals surface area (Å²) in [6, 6.07) is 25.8. The van der Waals surface area contributed by atoms with Gasteiger partial charge in [-0.25, -0.2) is 0 Å². The monoisotopic (exact) mass is 414 g/mol. The number of nitrogens with zero attached hydrogens (tertiary/aromatic N) is 1. The van der Waals surface area contributed by atoms with Crippen molar-refractivity contribution in [3.63, 3.8) is 0 Å². The van der Waals surface area contributed by atoms with Crippen LogP contribution < -0.4 is 10.2 Å². The lowest BCUT2D eigenvalue weighted by Crippen LogP contribution is -2.30. The molecule has 4 heteroatoms. The number of rotatable bonds is 8. The Bertz CT molecular complexity index is 1010. The third kappa shape index (κ3) is 6.29. The van der Waals surface area contributed by atoms with Crippen molar-refractivity contribution < 1.29 is 9.59 Å². The number of carbonyl (C=O) groups excluding carboxylic acids is 2. The molecule has 0 saturated heterocycles. The Morgan fingerprint density at radius 3 is 2.26 bits per heavy atom. The van der Waals surface area contributed by atoms with E-state index in [0.717, 1.165) is 22.4 Å². The normalized spacial score (nSPS) is 11.6. The van der Waals surface area contributed by atoms with E-state index in [2.05, 4.69) is 11.4 Å². The molecule has 0 aliphatic heterocycles. The predicted octanol–water partition coefficient (Wildman–Crippen LogP) is 5.36. The van der Waals surface area contributed by atoms with E-state index in [1.807, 2.05) is 93.6 Å². The third-order valence-electron chi connectivity index (χ3n) is 5.32. The predicted molar refractivity (Wildman–Crippen MR) is 126 cm³/mol. The van der Waals surface area contributed by atoms with Gasteiger partial charge < -0.3 is 10.2 Å². The fraction of sp³-hybridized carbons (Fsp3) is 0.259. The largest absolute Gasteiger partial charge is 0.349 e. The Labute approximate surface area is 184 Å². The van der Waals surface area contributed by atoms with Crippen LogP contribution in [0.3, 0.4) is 0 Å². The van der Waals surface area contributed by atoms with Crippen molar-refractivity contribution in [2.24, 2.45) is 0 Å². The van der Waals surface area contributed by atoms with Crippen molar-refractivity contribution in [2.45, 2.75) is 46.2 Å². The van der Waals surface area contributed by atoms with Crippen LogP contribution in [0.15, 0.2) is 78.9 Å². The molecule has 0 unspecified atom stereocenters. The molecule has 0 fully saturated rings. The van der Waals surface area contributed by atoms with Crippen LogP contribution in [-0.4, -0.2) is 11.8 Å². The molecule has 4 nitrogen and oxygen atoms in total. The van der Waals surface area contributed by atoms with Crippen molar-refractivity contribution in [2.75, 3.05) is 4.90 Å². The summed E-state index contributed by atoms with van der Waals surface area (Å²) in [5.74, 6) is 0.0500. The van der Waals surface area contributed by atoms with Gasteiger partial charge in [-0.15, -0.1) is 0 Å². The number of carbonyl (C=O) groups is 2. The van der Waals surface area contributed by atoms with Gasteiger partial charge in [0.1, 0.15) is 0 Å². The Hall–Kier alpha value is -3.40. The Morgan fingerprint density at radius 2 is 1.61 bits per heavy atom. The Kier molecular flexibility index (Phi) is 7.60. The van der Waals surface area contributed by atoms with Gasteiger partial charge in [0.15, 0.2) is 0 Å². The summed E-state index contributed by atoms with van der Waals surface area (Å²) in [4.78, 5) is 26.9. The minimum atomic E-state index is -0.0417. The first-order chi connectivity index (χ1) is 15.0. The van der Waals surface area contributed by atoms with Crippen molar-refractivity contribution in [1.82, 2.24) is 5.32 Å². The van der Waals surface area contributed by atoms with Crippen LogP contribution in [0.2, 0.25) is 0 Å². The van der Waals surface area contributed by atoms with Crippen LogP contribution >= 0.6 is 0 Å². The number of hydrogen-bond donors (Lipinski definition) is 1. The molecule has 0 heterocycles. The molecule has 0 bridgehead atoms. The molecule has 0 aromatic heterocycles. The van der Waals surface area contributed by atoms with Gasteiger partial charge in [0.05, 0.1) is 19.0 Å². The molecule has 0 saturated carbocycles. The number of aryl methyl sites for hydroxylation is 1. The molecule has 1 atom stereocenters. The zero-order chi connectivity index (χ0) is 22.2. The summed E-state index contributed by atoms with van der Waals surface area (Å²) >= 11 is 0. The van der Waals surface area contributed by atoms with Gasteiger partial charge in [0.25, 0.3) is 0 Å². The maximum atomic E-state index is 12.6. The van der Waals surface area contributed by atoms with E-state index in [4.69, 9.17) is 0 Å². The molecule has 3 aromatic rings. The van der Waals surface area contributed by atoms with E-state index < -0.39 is 0 Å². The van der Waals surface area contributed by atoms with Crippen molar-refractivity contribution in [1.29, 1.82) is 0 Å². The maximum Gasteiger partial charge on any atom is 0.227 e. The molecular weight excluding hydrogens is 384 g/mol. The van der Waals surface area contributed by atoms with E-state index in [9.17, 15) is 9.59 Å². The van der Waals surface area contributed by atoms with Gasteiger partial charge in [-0.05, 0) is 42.7 Å². The SMILES string of the molecule is CCC(=O)N(Cc1cccc(C)c1)c1ccc(CC(=O)N[C@@H](C)c2ccccc2)cc1. The highest BCUT2D eigenvalue weighted by Crippen LogP contribution is 2.20. The van der Waals surface area contributed by atoms with E-state index in [0.29, 0.717) is 19.4 Å². The van der Waals surface area contributed by atoms with E-state index in [1.54, 1.807) is 4.90 Å². The number of benzene rings is 3. The fourth-order valence-electron chi connectivity index (χ4n) is 3.60. The second kappa shape index (κ2) is 10.6. The summed E-state index contributed by atoms with van der Waals surface area (Å²) in [5, 5.41) is 3.04. The molecule has 0 aliphatic rings. The average molecular weight is 415 g/mol. The smallest absolute Gasteiger partial charge is 0.227 e. The first kappa shape index (κ1) is 22.3. The lowest BCUT2D eigenvalue weighted by molar-refractivity contribution is -0.121. The van der Waals surface area contributed by atoms with Gasteiger partial charge in [-0.1, -0.05) is 79.2 Å². The molecule has 0 spiro atoms. The standard InChI is InChI=1S/C27H30N2O2/c1-4-27(31)29(19-23-10-8-9-20(2)17-23)25-15-13-22(14-16-25)18-26(30)28-21(3)24-11-6-5-7-12-24/h5-17,21H,4,18-19H2,1-3H3,(H,28,30)/t21-/m0/s1. The summed E-state index contributed by atoms with van der Waals surface area (Å²) in [6.45, 7) is 6.44. The Morgan fingerprint density at radius 1 is 0.903 bits per heavy atom. The number of hydrogen-bond acceptors (Lipinski definition) is 2. The first-order valence-corrected chi connectivity index (χ1v) is 10.8. The molecule has 3 aromatic carbocycles. The van der Waals surface area contributed by atoms with Crippen LogP contribution in [0.25, 0.3) is 0 Å². The molecule has 1 N–H and O–H groups in total. The lowest BCUT2D eigenvalue weighted by Gasteiger charge is -2.23. The van der Waals surface area contributed by atoms with Gasteiger partial charge >= 0.3 is 0 Å². The quantitative estimate of drug-likeness (QED) is 0.540. The van der Waals surface area contributed by atoms with Crippen LogP contribution in [-0.2, 0) is 22.6 Å². The van der Waals surface area contributed by atoms with Gasteiger partial charge in [0, 0.05) is 12.1 Å². The van der Waals surface area contributed by atoms with Crippen LogP contribution in [0, 0.1) is 6.92 Å². The highest BCUT2D eigenvalue weighted by atomic mass is 16.2. The molecule has 0 aliphatic carbocycles. The minimum Gasteiger partial charge on any atom is -0.349 e. The highest BCUT2D eigenvalue weighted by Gasteiger charge is 2.15. The van der Waals surface area contributed by atoms with E-state index in [-0.39, 0.29) is 17.9 Å². The first-order valence-electron chi connectivity index (χ1n) is 10.8. The van der Waals surface area contributed by atoms with Crippen LogP contribution in [0.1, 0.15) is 48.6 Å². The lowest BCUT2D eigenvalue weighted by atomic mass is 10.1. The average Bonchev–Trinajstić information content (AvgIpc) is 2.78. The fourth-order valence-corrected chi connectivity index (χ4v) is 3.60. The second-order valence-corrected chi connectivity index (χ2v) is 7.87. The summed E-state index contributed by atoms with van der Waals surface area (Å²) in [5.41, 5.74) is 5.11. The number of anilines is 1. The maximum absolute atomic E-state index is 12.6. The topological polar surface area (TPSA) is 49.4 Å². The van der Waals surface area contributed by atoms with E-state index in [1.165, 1.54) is 5.56 Å². The van der Waals surface area contributed by atoms with Crippen LogP contribution in [0.5, 0.6) is 0 Å². The molecule has 3 rings (SSSR count). The van der Waals surface area contributed by atoms with E-state index >= 15 is 0 Å². The van der Waals surface area contributed by atoms with Gasteiger partial charge in [-0.2, -0.15) is 0 Å². The summed E-state index contributed by atoms with van der Waals surface area (Å²) < 4.78 is 0. The van der Waals surface area contributed by atoms with Crippen LogP contribution in [0.4, 0.5) is 5.69 Å². The minimum absolute atomic E-state index is 0.0228. The molecule has 31 heavy (non-hydrogen) atoms. The summed E-state index contributed by atoms with van der Waals surface area (Å²) in [7, 11) is 0. The van der Waals surface area contributed by atoms with Crippen molar-refractivity contribution in [3.05, 3.63) is 101 Å². The number of amides is 2. The third-order valence-corrected chi connectivity index (χ3v) is 5.32. The Balaban J connectivity index is 1.66. The molecule has 2 amide bonds. The van der Waals surface area contributed by atoms with Gasteiger partial charge in [0.2, 0.25) is 11.8 Å². The van der Waals surface area contributed by atoms with Gasteiger partial charge in [-0.3, -0.25) is 9.59 Å². The zero-order valence-electron chi connectivity index (χ0n) is 18.5. The molecule has 0 radical (unpaired) electrons. The van der Waals surface area contributed by atoms with Crippen molar-refractivity contribution >= 4 is 17.5 Å². The second-order valence-electron chi connectivity index (χ2n) is 7.87. The molecular formula is C27H30N2O2.